The minimum atomic E-state index is -1.11. The van der Waals surface area contributed by atoms with Crippen molar-refractivity contribution in [2.75, 3.05) is 16.6 Å². The number of phenols is 1. The number of hydroxylamine groups is 1. The molecule has 10 nitrogen and oxygen atoms in total. The molecule has 11 heteroatoms. The lowest BCUT2D eigenvalue weighted by atomic mass is 9.90. The summed E-state index contributed by atoms with van der Waals surface area (Å²) in [5, 5.41) is 23.0. The van der Waals surface area contributed by atoms with Crippen molar-refractivity contribution in [2.45, 2.75) is 19.1 Å². The van der Waals surface area contributed by atoms with E-state index in [9.17, 15) is 24.8 Å². The van der Waals surface area contributed by atoms with Crippen LogP contribution in [0.25, 0.3) is 0 Å². The standard InChI is InChI=1S/C25H20BrN3O7/c1-2-35-19-13-14(12-18(26)22(19)30)21-20-23(36-28(21)16-6-4-3-5-7-16)25(32)27(24(20)31)15-8-10-17(11-9-15)29(33)34/h3-13,20-21,23,30H,2H2,1H3/t20-,21+,23+/m1/s1. The van der Waals surface area contributed by atoms with E-state index in [1.807, 2.05) is 18.2 Å². The predicted molar refractivity (Wildman–Crippen MR) is 133 cm³/mol. The maximum Gasteiger partial charge on any atom is 0.269 e. The van der Waals surface area contributed by atoms with E-state index in [1.54, 1.807) is 31.2 Å². The Kier molecular flexibility index (Phi) is 6.10. The van der Waals surface area contributed by atoms with Gasteiger partial charge in [-0.3, -0.25) is 24.5 Å². The van der Waals surface area contributed by atoms with Crippen LogP contribution in [0.15, 0.2) is 71.2 Å². The predicted octanol–water partition coefficient (Wildman–Crippen LogP) is 4.51. The van der Waals surface area contributed by atoms with Gasteiger partial charge in [-0.25, -0.2) is 9.96 Å². The number of non-ortho nitro benzene ring substituents is 1. The number of anilines is 2. The molecule has 2 amide bonds. The Morgan fingerprint density at radius 3 is 2.39 bits per heavy atom. The van der Waals surface area contributed by atoms with E-state index in [2.05, 4.69) is 15.9 Å². The lowest BCUT2D eigenvalue weighted by Crippen LogP contribution is -2.37. The van der Waals surface area contributed by atoms with Gasteiger partial charge in [0.1, 0.15) is 5.92 Å². The summed E-state index contributed by atoms with van der Waals surface area (Å²) in [6.45, 7) is 2.09. The Hall–Kier alpha value is -3.96. The normalized spacial score (nSPS) is 21.1. The fourth-order valence-electron chi connectivity index (χ4n) is 4.56. The molecule has 2 heterocycles. The van der Waals surface area contributed by atoms with Crippen LogP contribution in [0.2, 0.25) is 0 Å². The maximum atomic E-state index is 13.7. The van der Waals surface area contributed by atoms with Crippen LogP contribution in [-0.4, -0.2) is 34.6 Å². The average Bonchev–Trinajstić information content (AvgIpc) is 3.38. The molecule has 5 rings (SSSR count). The van der Waals surface area contributed by atoms with Gasteiger partial charge in [0.25, 0.3) is 11.6 Å². The molecule has 0 aromatic heterocycles. The molecule has 2 aliphatic heterocycles. The molecule has 3 aromatic rings. The van der Waals surface area contributed by atoms with Gasteiger partial charge < -0.3 is 9.84 Å². The van der Waals surface area contributed by atoms with E-state index >= 15 is 0 Å². The first-order valence-electron chi connectivity index (χ1n) is 11.1. The summed E-state index contributed by atoms with van der Waals surface area (Å²) in [4.78, 5) is 44.7. The maximum absolute atomic E-state index is 13.7. The van der Waals surface area contributed by atoms with Crippen molar-refractivity contribution in [2.24, 2.45) is 5.92 Å². The number of carbonyl (C=O) groups excluding carboxylic acids is 2. The molecule has 0 radical (unpaired) electrons. The van der Waals surface area contributed by atoms with Gasteiger partial charge in [-0.05, 0) is 64.8 Å². The summed E-state index contributed by atoms with van der Waals surface area (Å²) in [6.07, 6.45) is -1.11. The number of hydrogen-bond donors (Lipinski definition) is 1. The van der Waals surface area contributed by atoms with Gasteiger partial charge in [0, 0.05) is 12.1 Å². The number of amides is 2. The van der Waals surface area contributed by atoms with Crippen LogP contribution >= 0.6 is 15.9 Å². The van der Waals surface area contributed by atoms with Gasteiger partial charge in [-0.2, -0.15) is 0 Å². The number of aromatic hydroxyl groups is 1. The summed E-state index contributed by atoms with van der Waals surface area (Å²) in [7, 11) is 0. The van der Waals surface area contributed by atoms with Crippen molar-refractivity contribution in [3.8, 4) is 11.5 Å². The van der Waals surface area contributed by atoms with Crippen molar-refractivity contribution >= 4 is 44.8 Å². The number of nitro groups is 1. The number of nitrogens with zero attached hydrogens (tertiary/aromatic N) is 3. The number of imide groups is 1. The topological polar surface area (TPSA) is 122 Å². The molecule has 2 saturated heterocycles. The van der Waals surface area contributed by atoms with Crippen LogP contribution in [-0.2, 0) is 14.4 Å². The zero-order valence-corrected chi connectivity index (χ0v) is 20.5. The number of para-hydroxylation sites is 1. The average molecular weight is 554 g/mol. The van der Waals surface area contributed by atoms with E-state index in [1.165, 1.54) is 29.3 Å². The highest BCUT2D eigenvalue weighted by atomic mass is 79.9. The molecule has 0 spiro atoms. The van der Waals surface area contributed by atoms with Crippen molar-refractivity contribution in [3.05, 3.63) is 86.9 Å². The van der Waals surface area contributed by atoms with Crippen LogP contribution in [0.1, 0.15) is 18.5 Å². The van der Waals surface area contributed by atoms with E-state index in [0.717, 1.165) is 4.90 Å². The van der Waals surface area contributed by atoms with Crippen molar-refractivity contribution in [1.82, 2.24) is 0 Å². The molecule has 2 aliphatic rings. The molecule has 3 aromatic carbocycles. The number of fused-ring (bicyclic) bond motifs is 1. The Labute approximate surface area is 213 Å². The van der Waals surface area contributed by atoms with Crippen molar-refractivity contribution < 1.29 is 29.2 Å². The van der Waals surface area contributed by atoms with Crippen LogP contribution in [0.5, 0.6) is 11.5 Å². The highest BCUT2D eigenvalue weighted by Crippen LogP contribution is 2.49. The SMILES string of the molecule is CCOc1cc([C@H]2[C@H]3C(=O)N(c4ccc([N+](=O)[O-])cc4)C(=O)[C@H]3ON2c2ccccc2)cc(Br)c1O. The second-order valence-corrected chi connectivity index (χ2v) is 9.08. The number of nitro benzene ring substituents is 1. The third kappa shape index (κ3) is 3.86. The lowest BCUT2D eigenvalue weighted by molar-refractivity contribution is -0.384. The van der Waals surface area contributed by atoms with Gasteiger partial charge >= 0.3 is 0 Å². The molecule has 36 heavy (non-hydrogen) atoms. The number of rotatable bonds is 6. The van der Waals surface area contributed by atoms with Gasteiger partial charge in [0.2, 0.25) is 5.91 Å². The minimum Gasteiger partial charge on any atom is -0.503 e. The quantitative estimate of drug-likeness (QED) is 0.268. The monoisotopic (exact) mass is 553 g/mol. The largest absolute Gasteiger partial charge is 0.503 e. The molecule has 0 bridgehead atoms. The van der Waals surface area contributed by atoms with Crippen LogP contribution in [0.3, 0.4) is 0 Å². The first-order valence-corrected chi connectivity index (χ1v) is 11.9. The molecular formula is C25H20BrN3O7. The fourth-order valence-corrected chi connectivity index (χ4v) is 5.02. The highest BCUT2D eigenvalue weighted by molar-refractivity contribution is 9.10. The van der Waals surface area contributed by atoms with Crippen LogP contribution in [0, 0.1) is 16.0 Å². The molecule has 1 N–H and O–H groups in total. The Morgan fingerprint density at radius 2 is 1.75 bits per heavy atom. The lowest BCUT2D eigenvalue weighted by Gasteiger charge is -2.29. The van der Waals surface area contributed by atoms with Crippen molar-refractivity contribution in [1.29, 1.82) is 0 Å². The third-order valence-corrected chi connectivity index (χ3v) is 6.74. The minimum absolute atomic E-state index is 0.0799. The molecule has 0 saturated carbocycles. The van der Waals surface area contributed by atoms with Gasteiger partial charge in [-0.15, -0.1) is 0 Å². The summed E-state index contributed by atoms with van der Waals surface area (Å²) in [6, 6.07) is 16.8. The van der Waals surface area contributed by atoms with Gasteiger partial charge in [-0.1, -0.05) is 18.2 Å². The first-order chi connectivity index (χ1) is 17.3. The van der Waals surface area contributed by atoms with E-state index in [4.69, 9.17) is 9.57 Å². The van der Waals surface area contributed by atoms with Crippen LogP contribution in [0.4, 0.5) is 17.1 Å². The number of phenolic OH excluding ortho intramolecular Hbond substituents is 1. The Balaban J connectivity index is 1.59. The van der Waals surface area contributed by atoms with Gasteiger partial charge in [0.15, 0.2) is 17.6 Å². The highest BCUT2D eigenvalue weighted by Gasteiger charge is 2.60. The second kappa shape index (κ2) is 9.25. The number of benzene rings is 3. The zero-order valence-electron chi connectivity index (χ0n) is 18.9. The molecule has 0 aliphatic carbocycles. The number of ether oxygens (including phenoxy) is 1. The number of carbonyl (C=O) groups is 2. The van der Waals surface area contributed by atoms with E-state index < -0.39 is 34.8 Å². The fraction of sp³-hybridized carbons (Fsp3) is 0.200. The first kappa shape index (κ1) is 23.8. The second-order valence-electron chi connectivity index (χ2n) is 8.23. The molecular weight excluding hydrogens is 534 g/mol. The van der Waals surface area contributed by atoms with Crippen LogP contribution < -0.4 is 14.7 Å². The third-order valence-electron chi connectivity index (χ3n) is 6.14. The molecule has 0 unspecified atom stereocenters. The Morgan fingerprint density at radius 1 is 1.06 bits per heavy atom. The molecule has 3 atom stereocenters. The summed E-state index contributed by atoms with van der Waals surface area (Å²) in [5.74, 6) is -1.83. The number of halogens is 1. The molecule has 184 valence electrons. The summed E-state index contributed by atoms with van der Waals surface area (Å²) >= 11 is 3.35. The summed E-state index contributed by atoms with van der Waals surface area (Å²) in [5.41, 5.74) is 1.30. The van der Waals surface area contributed by atoms with E-state index in [0.29, 0.717) is 22.3 Å². The smallest absolute Gasteiger partial charge is 0.269 e. The number of hydrogen-bond acceptors (Lipinski definition) is 8. The summed E-state index contributed by atoms with van der Waals surface area (Å²) < 4.78 is 5.95. The molecule has 2 fully saturated rings. The van der Waals surface area contributed by atoms with E-state index in [-0.39, 0.29) is 22.9 Å². The zero-order chi connectivity index (χ0) is 25.6. The van der Waals surface area contributed by atoms with Crippen molar-refractivity contribution in [3.63, 3.8) is 0 Å². The van der Waals surface area contributed by atoms with Gasteiger partial charge in [0.05, 0.1) is 33.4 Å². The Bertz CT molecular complexity index is 1350.